The lowest BCUT2D eigenvalue weighted by atomic mass is 9.83. The first-order valence-electron chi connectivity index (χ1n) is 17.4. The Morgan fingerprint density at radius 3 is 2.31 bits per heavy atom. The maximum Gasteiger partial charge on any atom is 0.345 e. The minimum absolute atomic E-state index is 0.0795. The van der Waals surface area contributed by atoms with Gasteiger partial charge in [0.25, 0.3) is 0 Å². The number of likely N-dealkylation sites (tertiary alicyclic amines) is 1. The van der Waals surface area contributed by atoms with Gasteiger partial charge >= 0.3 is 5.97 Å². The van der Waals surface area contributed by atoms with Crippen LogP contribution >= 0.6 is 11.3 Å². The Bertz CT molecular complexity index is 1950. The minimum Gasteiger partial charge on any atom is -0.477 e. The fraction of sp³-hybridized carbons (Fsp3) is 0.410. The number of carbonyl (C=O) groups excluding carboxylic acids is 1. The van der Waals surface area contributed by atoms with Crippen molar-refractivity contribution in [2.24, 2.45) is 0 Å². The molecule has 0 spiro atoms. The van der Waals surface area contributed by atoms with Gasteiger partial charge in [0.05, 0.1) is 27.1 Å². The number of carboxylic acids is 1. The zero-order valence-corrected chi connectivity index (χ0v) is 28.6. The van der Waals surface area contributed by atoms with E-state index in [0.29, 0.717) is 16.8 Å². The smallest absolute Gasteiger partial charge is 0.345 e. The lowest BCUT2D eigenvalue weighted by molar-refractivity contribution is -0.133. The topological polar surface area (TPSA) is 78.7 Å². The molecule has 1 aliphatic heterocycles. The molecule has 1 saturated carbocycles. The van der Waals surface area contributed by atoms with Crippen LogP contribution in [-0.2, 0) is 11.3 Å². The highest BCUT2D eigenvalue weighted by molar-refractivity contribution is 7.21. The van der Waals surface area contributed by atoms with E-state index < -0.39 is 5.97 Å². The number of thiophene rings is 1. The van der Waals surface area contributed by atoms with E-state index in [9.17, 15) is 19.1 Å². The van der Waals surface area contributed by atoms with Crippen LogP contribution in [0.15, 0.2) is 60.7 Å². The van der Waals surface area contributed by atoms with Crippen molar-refractivity contribution < 1.29 is 19.1 Å². The Hall–Kier alpha value is -4.08. The summed E-state index contributed by atoms with van der Waals surface area (Å²) in [4.78, 5) is 36.0. The van der Waals surface area contributed by atoms with E-state index in [1.54, 1.807) is 18.2 Å². The Labute approximate surface area is 285 Å². The summed E-state index contributed by atoms with van der Waals surface area (Å²) < 4.78 is 16.7. The number of amides is 1. The van der Waals surface area contributed by atoms with Crippen molar-refractivity contribution in [2.75, 3.05) is 26.2 Å². The van der Waals surface area contributed by atoms with Crippen molar-refractivity contribution in [3.63, 3.8) is 0 Å². The minimum atomic E-state index is -0.933. The van der Waals surface area contributed by atoms with Gasteiger partial charge in [-0.05, 0) is 104 Å². The molecular weight excluding hydrogens is 624 g/mol. The van der Waals surface area contributed by atoms with E-state index in [0.717, 1.165) is 108 Å². The number of carbonyl (C=O) groups is 2. The molecule has 7 nitrogen and oxygen atoms in total. The first kappa shape index (κ1) is 32.5. The Morgan fingerprint density at radius 1 is 0.917 bits per heavy atom. The summed E-state index contributed by atoms with van der Waals surface area (Å²) in [6, 6.07) is 18.9. The highest BCUT2D eigenvalue weighted by atomic mass is 32.1. The predicted molar refractivity (Wildman–Crippen MR) is 191 cm³/mol. The second-order valence-corrected chi connectivity index (χ2v) is 14.3. The van der Waals surface area contributed by atoms with Crippen molar-refractivity contribution in [1.82, 2.24) is 19.4 Å². The van der Waals surface area contributed by atoms with Crippen LogP contribution in [0.5, 0.6) is 0 Å². The summed E-state index contributed by atoms with van der Waals surface area (Å²) in [7, 11) is 0. The number of piperidine rings is 1. The molecule has 1 saturated heterocycles. The van der Waals surface area contributed by atoms with Gasteiger partial charge in [0.2, 0.25) is 5.91 Å². The van der Waals surface area contributed by atoms with Gasteiger partial charge in [-0.2, -0.15) is 0 Å². The third-order valence-electron chi connectivity index (χ3n) is 10.5. The molecule has 1 N–H and O–H groups in total. The second kappa shape index (κ2) is 13.8. The van der Waals surface area contributed by atoms with E-state index >= 15 is 0 Å². The maximum absolute atomic E-state index is 14.1. The quantitative estimate of drug-likeness (QED) is 0.170. The molecule has 3 aromatic heterocycles. The summed E-state index contributed by atoms with van der Waals surface area (Å²) in [6.45, 7) is 8.07. The normalized spacial score (nSPS) is 16.4. The van der Waals surface area contributed by atoms with Crippen molar-refractivity contribution in [2.45, 2.75) is 77.3 Å². The van der Waals surface area contributed by atoms with Crippen LogP contribution in [0.3, 0.4) is 0 Å². The first-order chi connectivity index (χ1) is 23.3. The number of nitrogens with zero attached hydrogens (tertiary/aromatic N) is 4. The lowest BCUT2D eigenvalue weighted by Gasteiger charge is -2.37. The van der Waals surface area contributed by atoms with Crippen molar-refractivity contribution in [3.8, 4) is 22.5 Å². The first-order valence-corrected chi connectivity index (χ1v) is 18.2. The van der Waals surface area contributed by atoms with Gasteiger partial charge in [0.1, 0.15) is 17.2 Å². The zero-order chi connectivity index (χ0) is 33.4. The van der Waals surface area contributed by atoms with E-state index in [2.05, 4.69) is 35.4 Å². The SMILES string of the molecule is CCN(CC)C1CCN(C(=O)Cn2c(-c3ccc4nc(-c5ccc(F)cc5)ccc4c3)c(C3CCCCC3)c3sc(C(=O)O)cc32)CC1. The van der Waals surface area contributed by atoms with Crippen molar-refractivity contribution >= 4 is 44.3 Å². The fourth-order valence-electron chi connectivity index (χ4n) is 8.01. The largest absolute Gasteiger partial charge is 0.477 e. The molecule has 4 heterocycles. The molecule has 2 aliphatic rings. The summed E-state index contributed by atoms with van der Waals surface area (Å²) in [5, 5.41) is 11.0. The average molecular weight is 667 g/mol. The molecule has 2 aromatic carbocycles. The van der Waals surface area contributed by atoms with Crippen LogP contribution in [0.2, 0.25) is 0 Å². The molecule has 0 radical (unpaired) electrons. The standard InChI is InChI=1S/C39H43FN4O3S/c1-3-42(4-2)30-18-20-43(21-19-30)35(45)24-44-33-23-34(39(46)47)48-38(33)36(26-8-6-5-7-9-26)37(44)28-13-17-32-27(22-28)12-16-31(41-32)25-10-14-29(40)15-11-25/h10-17,22-23,26,30H,3-9,18-21,24H2,1-2H3,(H,46,47). The molecule has 5 aromatic rings. The van der Waals surface area contributed by atoms with Crippen molar-refractivity contribution in [3.05, 3.63) is 76.9 Å². The Balaban J connectivity index is 1.30. The predicted octanol–water partition coefficient (Wildman–Crippen LogP) is 8.80. The molecule has 1 aliphatic carbocycles. The average Bonchev–Trinajstić information content (AvgIpc) is 3.68. The van der Waals surface area contributed by atoms with Crippen LogP contribution in [0, 0.1) is 5.82 Å². The maximum atomic E-state index is 14.1. The molecule has 1 amide bonds. The van der Waals surface area contributed by atoms with Crippen molar-refractivity contribution in [1.29, 1.82) is 0 Å². The molecule has 250 valence electrons. The summed E-state index contributed by atoms with van der Waals surface area (Å²) in [5.74, 6) is -0.834. The van der Waals surface area contributed by atoms with Crippen LogP contribution in [0.1, 0.15) is 79.9 Å². The van der Waals surface area contributed by atoms with Gasteiger partial charge in [0, 0.05) is 30.1 Å². The number of pyridine rings is 1. The number of hydrogen-bond donors (Lipinski definition) is 1. The third-order valence-corrected chi connectivity index (χ3v) is 11.7. The van der Waals surface area contributed by atoms with Crippen LogP contribution in [0.25, 0.3) is 43.6 Å². The van der Waals surface area contributed by atoms with E-state index in [4.69, 9.17) is 4.98 Å². The number of rotatable bonds is 9. The number of carboxylic acid groups (broad SMARTS) is 1. The fourth-order valence-corrected chi connectivity index (χ4v) is 9.13. The molecular formula is C39H43FN4O3S. The summed E-state index contributed by atoms with van der Waals surface area (Å²) >= 11 is 1.34. The molecule has 0 unspecified atom stereocenters. The molecule has 0 atom stereocenters. The monoisotopic (exact) mass is 666 g/mol. The van der Waals surface area contributed by atoms with Gasteiger partial charge in [-0.1, -0.05) is 45.2 Å². The molecule has 0 bridgehead atoms. The number of fused-ring (bicyclic) bond motifs is 2. The van der Waals surface area contributed by atoms with E-state index in [-0.39, 0.29) is 18.3 Å². The molecule has 48 heavy (non-hydrogen) atoms. The Kier molecular flexibility index (Phi) is 9.34. The Morgan fingerprint density at radius 2 is 1.62 bits per heavy atom. The third kappa shape index (κ3) is 6.26. The number of benzene rings is 2. The number of halogens is 1. The van der Waals surface area contributed by atoms with Crippen LogP contribution in [0.4, 0.5) is 4.39 Å². The van der Waals surface area contributed by atoms with Gasteiger partial charge in [-0.15, -0.1) is 11.3 Å². The molecule has 2 fully saturated rings. The lowest BCUT2D eigenvalue weighted by Crippen LogP contribution is -2.47. The van der Waals surface area contributed by atoms with Gasteiger partial charge < -0.3 is 19.5 Å². The van der Waals surface area contributed by atoms with Gasteiger partial charge in [-0.25, -0.2) is 14.2 Å². The van der Waals surface area contributed by atoms with E-state index in [1.165, 1.54) is 35.5 Å². The number of aromatic carboxylic acids is 1. The van der Waals surface area contributed by atoms with Crippen LogP contribution in [-0.4, -0.2) is 68.6 Å². The molecule has 9 heteroatoms. The summed E-state index contributed by atoms with van der Waals surface area (Å²) in [5.41, 5.74) is 6.52. The highest BCUT2D eigenvalue weighted by Gasteiger charge is 2.31. The molecule has 7 rings (SSSR count). The zero-order valence-electron chi connectivity index (χ0n) is 27.8. The number of aromatic nitrogens is 2. The van der Waals surface area contributed by atoms with Crippen LogP contribution < -0.4 is 0 Å². The second-order valence-electron chi connectivity index (χ2n) is 13.3. The van der Waals surface area contributed by atoms with Gasteiger partial charge in [0.15, 0.2) is 0 Å². The van der Waals surface area contributed by atoms with E-state index in [1.807, 2.05) is 23.1 Å². The highest BCUT2D eigenvalue weighted by Crippen LogP contribution is 2.47. The number of hydrogen-bond acceptors (Lipinski definition) is 5. The summed E-state index contributed by atoms with van der Waals surface area (Å²) in [6.07, 6.45) is 7.53. The van der Waals surface area contributed by atoms with Gasteiger partial charge in [-0.3, -0.25) is 4.79 Å².